The van der Waals surface area contributed by atoms with Crippen molar-refractivity contribution < 1.29 is 0 Å². The number of benzene rings is 7. The first-order valence-corrected chi connectivity index (χ1v) is 15.3. The lowest BCUT2D eigenvalue weighted by Crippen LogP contribution is -2.10. The first-order chi connectivity index (χ1) is 22.8. The first kappa shape index (κ1) is 26.0. The first-order valence-electron chi connectivity index (χ1n) is 15.3. The zero-order valence-corrected chi connectivity index (χ0v) is 24.8. The molecule has 7 aromatic carbocycles. The molecule has 0 fully saturated rings. The zero-order chi connectivity index (χ0) is 30.6. The quantitative estimate of drug-likeness (QED) is 0.148. The summed E-state index contributed by atoms with van der Waals surface area (Å²) in [5.41, 5.74) is 10.5. The summed E-state index contributed by atoms with van der Waals surface area (Å²) in [7, 11) is 0. The fourth-order valence-electron chi connectivity index (χ4n) is 6.95. The van der Waals surface area contributed by atoms with Crippen molar-refractivity contribution in [2.24, 2.45) is 0 Å². The fraction of sp³-hybridized carbons (Fsp3) is 0. The third-order valence-corrected chi connectivity index (χ3v) is 9.00. The Hall–Kier alpha value is -6.44. The fourth-order valence-corrected chi connectivity index (χ4v) is 6.95. The Morgan fingerprint density at radius 2 is 1.28 bits per heavy atom. The molecule has 9 rings (SSSR count). The molecule has 4 nitrogen and oxygen atoms in total. The van der Waals surface area contributed by atoms with Crippen molar-refractivity contribution >= 4 is 66.2 Å². The lowest BCUT2D eigenvalue weighted by atomic mass is 9.99. The normalized spacial score (nSPS) is 11.5. The van der Waals surface area contributed by atoms with Gasteiger partial charge in [-0.1, -0.05) is 91.0 Å². The van der Waals surface area contributed by atoms with E-state index in [9.17, 15) is 0 Å². The zero-order valence-electron chi connectivity index (χ0n) is 24.8. The molecule has 0 aliphatic rings. The smallest absolute Gasteiger partial charge is 0.187 e. The molecule has 0 unspecified atom stereocenters. The van der Waals surface area contributed by atoms with Crippen molar-refractivity contribution in [2.45, 2.75) is 0 Å². The van der Waals surface area contributed by atoms with Gasteiger partial charge in [0.25, 0.3) is 0 Å². The van der Waals surface area contributed by atoms with Crippen molar-refractivity contribution in [3.63, 3.8) is 0 Å². The van der Waals surface area contributed by atoms with Crippen molar-refractivity contribution in [2.75, 3.05) is 4.90 Å². The molecule has 0 radical (unpaired) electrons. The van der Waals surface area contributed by atoms with Crippen LogP contribution in [-0.4, -0.2) is 9.55 Å². The molecule has 0 aliphatic carbocycles. The largest absolute Gasteiger partial charge is 0.310 e. The van der Waals surface area contributed by atoms with Crippen LogP contribution >= 0.6 is 0 Å². The average Bonchev–Trinajstić information content (AvgIpc) is 3.47. The third-order valence-electron chi connectivity index (χ3n) is 9.00. The van der Waals surface area contributed by atoms with Gasteiger partial charge < -0.3 is 9.47 Å². The van der Waals surface area contributed by atoms with Crippen LogP contribution in [0.5, 0.6) is 0 Å². The molecule has 4 heteroatoms. The minimum Gasteiger partial charge on any atom is -0.310 e. The minimum absolute atomic E-state index is 0.620. The van der Waals surface area contributed by atoms with Gasteiger partial charge in [0.05, 0.1) is 28.8 Å². The maximum Gasteiger partial charge on any atom is 0.187 e. The monoisotopic (exact) mass is 586 g/mol. The SMILES string of the molecule is [C-]#[N+]c1ccc(N(c2ccc(-c3cccc4cccnc34)cc2)c2ccc3c4c2ccc2cccc(c24)n3-c2ccccc2)cc1. The second-order valence-corrected chi connectivity index (χ2v) is 11.5. The lowest BCUT2D eigenvalue weighted by Gasteiger charge is -2.27. The van der Waals surface area contributed by atoms with E-state index in [1.165, 1.54) is 32.6 Å². The van der Waals surface area contributed by atoms with Gasteiger partial charge in [0, 0.05) is 50.4 Å². The van der Waals surface area contributed by atoms with Crippen LogP contribution < -0.4 is 4.90 Å². The van der Waals surface area contributed by atoms with Gasteiger partial charge in [0.2, 0.25) is 0 Å². The molecule has 0 aliphatic heterocycles. The van der Waals surface area contributed by atoms with Crippen LogP contribution in [0.25, 0.3) is 65.1 Å². The second-order valence-electron chi connectivity index (χ2n) is 11.5. The number of pyridine rings is 1. The lowest BCUT2D eigenvalue weighted by molar-refractivity contribution is 1.18. The Labute approximate surface area is 266 Å². The summed E-state index contributed by atoms with van der Waals surface area (Å²) in [6.45, 7) is 7.52. The van der Waals surface area contributed by atoms with Crippen LogP contribution in [0.2, 0.25) is 0 Å². The summed E-state index contributed by atoms with van der Waals surface area (Å²) >= 11 is 0. The standard InChI is InChI=1S/C42H26N4/c1-43-31-18-22-34(23-19-31)45(33-20-15-28(16-21-33)35-13-5-9-30-10-7-27-44-42(30)35)37-25-26-39-41-36(37)24-17-29-8-6-14-38(40(29)41)46(39)32-11-3-2-4-12-32/h2-27H. The molecule has 2 aromatic heterocycles. The summed E-state index contributed by atoms with van der Waals surface area (Å²) in [6, 6.07) is 53.1. The molecule has 0 N–H and O–H groups in total. The van der Waals surface area contributed by atoms with E-state index in [4.69, 9.17) is 6.57 Å². The van der Waals surface area contributed by atoms with E-state index < -0.39 is 0 Å². The van der Waals surface area contributed by atoms with Gasteiger partial charge in [-0.15, -0.1) is 0 Å². The van der Waals surface area contributed by atoms with E-state index in [1.807, 2.05) is 36.5 Å². The number of anilines is 3. The molecule has 0 saturated heterocycles. The van der Waals surface area contributed by atoms with E-state index in [2.05, 4.69) is 141 Å². The van der Waals surface area contributed by atoms with Gasteiger partial charge in [-0.25, -0.2) is 4.85 Å². The third kappa shape index (κ3) is 3.96. The molecule has 0 saturated carbocycles. The Balaban J connectivity index is 1.27. The number of aromatic nitrogens is 2. The second kappa shape index (κ2) is 10.3. The average molecular weight is 587 g/mol. The highest BCUT2D eigenvalue weighted by molar-refractivity contribution is 6.26. The van der Waals surface area contributed by atoms with Crippen LogP contribution in [0, 0.1) is 6.57 Å². The highest BCUT2D eigenvalue weighted by Crippen LogP contribution is 2.46. The maximum absolute atomic E-state index is 7.52. The molecule has 46 heavy (non-hydrogen) atoms. The van der Waals surface area contributed by atoms with E-state index in [-0.39, 0.29) is 0 Å². The van der Waals surface area contributed by atoms with Gasteiger partial charge in [-0.3, -0.25) is 4.98 Å². The Morgan fingerprint density at radius 1 is 0.565 bits per heavy atom. The summed E-state index contributed by atoms with van der Waals surface area (Å²) in [5.74, 6) is 0. The summed E-state index contributed by atoms with van der Waals surface area (Å²) in [5, 5.41) is 6.03. The van der Waals surface area contributed by atoms with Gasteiger partial charge >= 0.3 is 0 Å². The summed E-state index contributed by atoms with van der Waals surface area (Å²) < 4.78 is 2.37. The molecular formula is C42H26N4. The topological polar surface area (TPSA) is 25.4 Å². The van der Waals surface area contributed by atoms with Crippen LogP contribution in [0.1, 0.15) is 0 Å². The van der Waals surface area contributed by atoms with E-state index in [1.54, 1.807) is 0 Å². The van der Waals surface area contributed by atoms with Crippen LogP contribution in [0.4, 0.5) is 22.7 Å². The maximum atomic E-state index is 7.52. The Morgan fingerprint density at radius 3 is 2.09 bits per heavy atom. The van der Waals surface area contributed by atoms with Crippen molar-refractivity contribution in [1.29, 1.82) is 0 Å². The molecule has 2 heterocycles. The highest BCUT2D eigenvalue weighted by atomic mass is 15.1. The van der Waals surface area contributed by atoms with Crippen molar-refractivity contribution in [1.82, 2.24) is 9.55 Å². The van der Waals surface area contributed by atoms with Gasteiger partial charge in [0.1, 0.15) is 0 Å². The Bertz CT molecular complexity index is 2570. The molecule has 214 valence electrons. The van der Waals surface area contributed by atoms with E-state index in [0.29, 0.717) is 5.69 Å². The predicted octanol–water partition coefficient (Wildman–Crippen LogP) is 11.6. The van der Waals surface area contributed by atoms with Gasteiger partial charge in [0.15, 0.2) is 5.69 Å². The van der Waals surface area contributed by atoms with Crippen molar-refractivity contribution in [3.05, 3.63) is 169 Å². The van der Waals surface area contributed by atoms with Gasteiger partial charge in [-0.2, -0.15) is 0 Å². The predicted molar refractivity (Wildman–Crippen MR) is 191 cm³/mol. The highest BCUT2D eigenvalue weighted by Gasteiger charge is 2.22. The number of fused-ring (bicyclic) bond motifs is 1. The van der Waals surface area contributed by atoms with Crippen molar-refractivity contribution in [3.8, 4) is 16.8 Å². The number of hydrogen-bond donors (Lipinski definition) is 0. The Kier molecular flexibility index (Phi) is 5.84. The van der Waals surface area contributed by atoms with E-state index >= 15 is 0 Å². The molecular weight excluding hydrogens is 560 g/mol. The number of para-hydroxylation sites is 2. The van der Waals surface area contributed by atoms with Gasteiger partial charge in [-0.05, 0) is 71.6 Å². The van der Waals surface area contributed by atoms with E-state index in [0.717, 1.165) is 44.8 Å². The van der Waals surface area contributed by atoms with Crippen LogP contribution in [0.3, 0.4) is 0 Å². The molecule has 0 atom stereocenters. The summed E-state index contributed by atoms with van der Waals surface area (Å²) in [6.07, 6.45) is 1.85. The number of hydrogen-bond acceptors (Lipinski definition) is 2. The number of nitrogens with zero attached hydrogens (tertiary/aromatic N) is 4. The number of rotatable bonds is 5. The minimum atomic E-state index is 0.620. The molecule has 0 bridgehead atoms. The molecule has 0 spiro atoms. The molecule has 0 amide bonds. The molecule has 9 aromatic rings. The van der Waals surface area contributed by atoms with Crippen LogP contribution in [0.15, 0.2) is 158 Å². The summed E-state index contributed by atoms with van der Waals surface area (Å²) in [4.78, 5) is 10.6. The van der Waals surface area contributed by atoms with Crippen LogP contribution in [-0.2, 0) is 0 Å².